The molecule has 106 valence electrons. The Balaban J connectivity index is 2.31. The van der Waals surface area contributed by atoms with Crippen molar-refractivity contribution in [3.63, 3.8) is 0 Å². The summed E-state index contributed by atoms with van der Waals surface area (Å²) in [6, 6.07) is 8.63. The molecular weight excluding hydrogens is 340 g/mol. The molecule has 1 aromatic heterocycles. The van der Waals surface area contributed by atoms with Crippen LogP contribution in [0.2, 0.25) is 0 Å². The minimum atomic E-state index is -0.433. The highest BCUT2D eigenvalue weighted by Crippen LogP contribution is 2.39. The van der Waals surface area contributed by atoms with Crippen molar-refractivity contribution in [3.05, 3.63) is 51.1 Å². The highest BCUT2D eigenvalue weighted by molar-refractivity contribution is 9.10. The van der Waals surface area contributed by atoms with Gasteiger partial charge in [0.1, 0.15) is 38.5 Å². The predicted molar refractivity (Wildman–Crippen MR) is 80.6 cm³/mol. The van der Waals surface area contributed by atoms with Gasteiger partial charge in [-0.3, -0.25) is 4.79 Å². The van der Waals surface area contributed by atoms with E-state index < -0.39 is 5.43 Å². The number of halogens is 1. The zero-order chi connectivity index (χ0) is 15.1. The molecule has 2 aromatic carbocycles. The molecule has 0 aliphatic carbocycles. The van der Waals surface area contributed by atoms with Gasteiger partial charge in [-0.25, -0.2) is 0 Å². The van der Waals surface area contributed by atoms with Crippen molar-refractivity contribution in [2.24, 2.45) is 0 Å². The summed E-state index contributed by atoms with van der Waals surface area (Å²) in [5.74, 6) is -0.225. The number of rotatable bonds is 1. The second-order valence-corrected chi connectivity index (χ2v) is 5.25. The maximum Gasteiger partial charge on any atom is 0.197 e. The summed E-state index contributed by atoms with van der Waals surface area (Å²) in [6.45, 7) is 0. The lowest BCUT2D eigenvalue weighted by Crippen LogP contribution is -2.01. The molecule has 3 aromatic rings. The Morgan fingerprint density at radius 1 is 1.00 bits per heavy atom. The maximum absolute atomic E-state index is 12.2. The van der Waals surface area contributed by atoms with E-state index in [2.05, 4.69) is 15.9 Å². The molecule has 0 atom stereocenters. The van der Waals surface area contributed by atoms with Crippen molar-refractivity contribution >= 4 is 26.9 Å². The van der Waals surface area contributed by atoms with Crippen LogP contribution in [0.15, 0.2) is 50.1 Å². The fourth-order valence-corrected chi connectivity index (χ4v) is 2.35. The van der Waals surface area contributed by atoms with E-state index in [1.54, 1.807) is 12.1 Å². The Hall–Kier alpha value is -2.47. The number of fused-ring (bicyclic) bond motifs is 1. The Labute approximate surface area is 126 Å². The molecule has 0 aliphatic rings. The summed E-state index contributed by atoms with van der Waals surface area (Å²) in [7, 11) is 0. The number of hydrogen-bond acceptors (Lipinski definition) is 5. The SMILES string of the molecule is O=c1cc(-c2ccc(O)cc2)oc2cc(O)c(Br)c(O)c12. The lowest BCUT2D eigenvalue weighted by molar-refractivity contribution is 0.446. The molecule has 0 saturated heterocycles. The van der Waals surface area contributed by atoms with Crippen LogP contribution in [-0.4, -0.2) is 15.3 Å². The molecule has 6 heteroatoms. The van der Waals surface area contributed by atoms with Crippen molar-refractivity contribution in [3.8, 4) is 28.6 Å². The monoisotopic (exact) mass is 348 g/mol. The number of benzene rings is 2. The summed E-state index contributed by atoms with van der Waals surface area (Å²) < 4.78 is 5.60. The number of phenolic OH excluding ortho intramolecular Hbond substituents is 3. The first-order valence-corrected chi connectivity index (χ1v) is 6.74. The predicted octanol–water partition coefficient (Wildman–Crippen LogP) is 3.34. The highest BCUT2D eigenvalue weighted by atomic mass is 79.9. The molecule has 0 spiro atoms. The normalized spacial score (nSPS) is 10.9. The summed E-state index contributed by atoms with van der Waals surface area (Å²) >= 11 is 3.00. The van der Waals surface area contributed by atoms with Gasteiger partial charge >= 0.3 is 0 Å². The fourth-order valence-electron chi connectivity index (χ4n) is 2.03. The molecule has 21 heavy (non-hydrogen) atoms. The van der Waals surface area contributed by atoms with Crippen LogP contribution < -0.4 is 5.43 Å². The standard InChI is InChI=1S/C15H9BrO5/c16-14-10(19)6-12-13(15(14)20)9(18)5-11(21-12)7-1-3-8(17)4-2-7/h1-6,17,19-20H. The Morgan fingerprint density at radius 2 is 1.67 bits per heavy atom. The van der Waals surface area contributed by atoms with E-state index >= 15 is 0 Å². The van der Waals surface area contributed by atoms with Crippen LogP contribution in [0.4, 0.5) is 0 Å². The van der Waals surface area contributed by atoms with Crippen molar-refractivity contribution in [1.82, 2.24) is 0 Å². The topological polar surface area (TPSA) is 90.9 Å². The summed E-state index contributed by atoms with van der Waals surface area (Å²) in [6.07, 6.45) is 0. The molecule has 0 unspecified atom stereocenters. The average molecular weight is 349 g/mol. The Morgan fingerprint density at radius 3 is 2.33 bits per heavy atom. The number of aromatic hydroxyl groups is 3. The van der Waals surface area contributed by atoms with Gasteiger partial charge in [-0.05, 0) is 40.2 Å². The van der Waals surface area contributed by atoms with Crippen LogP contribution >= 0.6 is 15.9 Å². The molecule has 3 rings (SSSR count). The van der Waals surface area contributed by atoms with E-state index in [9.17, 15) is 20.1 Å². The largest absolute Gasteiger partial charge is 0.508 e. The van der Waals surface area contributed by atoms with Crippen molar-refractivity contribution in [1.29, 1.82) is 0 Å². The van der Waals surface area contributed by atoms with Crippen LogP contribution in [0.3, 0.4) is 0 Å². The lowest BCUT2D eigenvalue weighted by Gasteiger charge is -2.07. The van der Waals surface area contributed by atoms with Gasteiger partial charge in [0.2, 0.25) is 0 Å². The summed E-state index contributed by atoms with van der Waals surface area (Å²) in [5.41, 5.74) is 0.231. The zero-order valence-electron chi connectivity index (χ0n) is 10.5. The van der Waals surface area contributed by atoms with Crippen LogP contribution in [0, 0.1) is 0 Å². The smallest absolute Gasteiger partial charge is 0.197 e. The van der Waals surface area contributed by atoms with Gasteiger partial charge < -0.3 is 19.7 Å². The van der Waals surface area contributed by atoms with Crippen molar-refractivity contribution in [2.75, 3.05) is 0 Å². The Bertz CT molecular complexity index is 897. The van der Waals surface area contributed by atoms with Gasteiger partial charge in [0, 0.05) is 17.7 Å². The molecule has 5 nitrogen and oxygen atoms in total. The first-order chi connectivity index (χ1) is 9.97. The minimum Gasteiger partial charge on any atom is -0.508 e. The van der Waals surface area contributed by atoms with E-state index in [4.69, 9.17) is 4.42 Å². The van der Waals surface area contributed by atoms with E-state index in [1.807, 2.05) is 0 Å². The molecule has 0 aliphatic heterocycles. The third kappa shape index (κ3) is 2.23. The molecule has 1 heterocycles. The average Bonchev–Trinajstić information content (AvgIpc) is 2.45. The number of hydrogen-bond donors (Lipinski definition) is 3. The van der Waals surface area contributed by atoms with Gasteiger partial charge in [0.15, 0.2) is 5.43 Å². The second kappa shape index (κ2) is 4.82. The summed E-state index contributed by atoms with van der Waals surface area (Å²) in [4.78, 5) is 12.2. The van der Waals surface area contributed by atoms with Gasteiger partial charge in [0.25, 0.3) is 0 Å². The highest BCUT2D eigenvalue weighted by Gasteiger charge is 2.16. The zero-order valence-corrected chi connectivity index (χ0v) is 12.1. The van der Waals surface area contributed by atoms with Crippen LogP contribution in [-0.2, 0) is 0 Å². The van der Waals surface area contributed by atoms with Crippen LogP contribution in [0.5, 0.6) is 17.2 Å². The first kappa shape index (κ1) is 13.5. The van der Waals surface area contributed by atoms with E-state index in [0.717, 1.165) is 0 Å². The minimum absolute atomic E-state index is 0.0118. The van der Waals surface area contributed by atoms with E-state index in [1.165, 1.54) is 24.3 Å². The van der Waals surface area contributed by atoms with Crippen molar-refractivity contribution in [2.45, 2.75) is 0 Å². The van der Waals surface area contributed by atoms with Crippen LogP contribution in [0.1, 0.15) is 0 Å². The van der Waals surface area contributed by atoms with Crippen LogP contribution in [0.25, 0.3) is 22.3 Å². The third-order valence-electron chi connectivity index (χ3n) is 3.06. The quantitative estimate of drug-likeness (QED) is 0.627. The second-order valence-electron chi connectivity index (χ2n) is 4.45. The molecule has 0 bridgehead atoms. The maximum atomic E-state index is 12.2. The molecule has 3 N–H and O–H groups in total. The molecular formula is C15H9BrO5. The van der Waals surface area contributed by atoms with Gasteiger partial charge in [-0.2, -0.15) is 0 Å². The lowest BCUT2D eigenvalue weighted by atomic mass is 10.1. The number of phenols is 3. The fraction of sp³-hybridized carbons (Fsp3) is 0. The van der Waals surface area contributed by atoms with E-state index in [0.29, 0.717) is 5.56 Å². The Kier molecular flexibility index (Phi) is 3.10. The molecule has 0 saturated carbocycles. The first-order valence-electron chi connectivity index (χ1n) is 5.95. The molecule has 0 radical (unpaired) electrons. The summed E-state index contributed by atoms with van der Waals surface area (Å²) in [5, 5.41) is 28.9. The van der Waals surface area contributed by atoms with Crippen molar-refractivity contribution < 1.29 is 19.7 Å². The molecule has 0 amide bonds. The van der Waals surface area contributed by atoms with E-state index in [-0.39, 0.29) is 38.5 Å². The van der Waals surface area contributed by atoms with Gasteiger partial charge in [0.05, 0.1) is 0 Å². The molecule has 0 fully saturated rings. The van der Waals surface area contributed by atoms with Gasteiger partial charge in [-0.1, -0.05) is 0 Å². The van der Waals surface area contributed by atoms with Gasteiger partial charge in [-0.15, -0.1) is 0 Å². The third-order valence-corrected chi connectivity index (χ3v) is 3.85.